The number of aryl methyl sites for hydroxylation is 1. The Morgan fingerprint density at radius 2 is 1.83 bits per heavy atom. The van der Waals surface area contributed by atoms with Gasteiger partial charge in [0.25, 0.3) is 5.92 Å². The van der Waals surface area contributed by atoms with E-state index in [9.17, 15) is 8.78 Å². The van der Waals surface area contributed by atoms with Crippen molar-refractivity contribution < 1.29 is 18.3 Å². The van der Waals surface area contributed by atoms with Gasteiger partial charge in [-0.3, -0.25) is 0 Å². The molecule has 0 saturated carbocycles. The number of hydrogen-bond donors (Lipinski definition) is 0. The van der Waals surface area contributed by atoms with Crippen LogP contribution in [0.3, 0.4) is 0 Å². The molecule has 0 heterocycles. The van der Waals surface area contributed by atoms with Crippen molar-refractivity contribution in [3.8, 4) is 17.6 Å². The molecule has 0 radical (unpaired) electrons. The average molecular weight is 255 g/mol. The van der Waals surface area contributed by atoms with Crippen LogP contribution in [-0.2, 0) is 5.92 Å². The van der Waals surface area contributed by atoms with Crippen LogP contribution in [0.1, 0.15) is 24.0 Å². The van der Waals surface area contributed by atoms with E-state index in [1.54, 1.807) is 13.0 Å². The van der Waals surface area contributed by atoms with Crippen LogP contribution in [0.4, 0.5) is 8.78 Å². The van der Waals surface area contributed by atoms with E-state index in [-0.39, 0.29) is 17.7 Å². The number of nitriles is 1. The standard InChI is InChI=1S/C13H15F2NO2/c1-9-7-12(18-3)10(8-11(9)17-2)13(14,15)5-4-6-16/h7-8H,4-5H2,1-3H3. The first-order valence-corrected chi connectivity index (χ1v) is 5.44. The lowest BCUT2D eigenvalue weighted by Crippen LogP contribution is -2.15. The van der Waals surface area contributed by atoms with Gasteiger partial charge in [0.1, 0.15) is 11.5 Å². The highest BCUT2D eigenvalue weighted by Gasteiger charge is 2.35. The van der Waals surface area contributed by atoms with Crippen molar-refractivity contribution in [2.24, 2.45) is 0 Å². The van der Waals surface area contributed by atoms with Crippen LogP contribution in [0.2, 0.25) is 0 Å². The third-order valence-electron chi connectivity index (χ3n) is 2.66. The quantitative estimate of drug-likeness (QED) is 0.809. The monoisotopic (exact) mass is 255 g/mol. The molecule has 0 amide bonds. The minimum absolute atomic E-state index is 0.108. The Balaban J connectivity index is 3.25. The van der Waals surface area contributed by atoms with Gasteiger partial charge in [-0.15, -0.1) is 0 Å². The van der Waals surface area contributed by atoms with Crippen molar-refractivity contribution in [2.75, 3.05) is 14.2 Å². The molecular formula is C13H15F2NO2. The summed E-state index contributed by atoms with van der Waals surface area (Å²) in [7, 11) is 2.76. The fourth-order valence-electron chi connectivity index (χ4n) is 1.68. The minimum atomic E-state index is -3.11. The van der Waals surface area contributed by atoms with Crippen LogP contribution >= 0.6 is 0 Å². The normalized spacial score (nSPS) is 10.9. The fraction of sp³-hybridized carbons (Fsp3) is 0.462. The third-order valence-corrected chi connectivity index (χ3v) is 2.66. The van der Waals surface area contributed by atoms with Crippen molar-refractivity contribution >= 4 is 0 Å². The molecule has 1 rings (SSSR count). The molecular weight excluding hydrogens is 240 g/mol. The molecule has 1 aromatic rings. The first kappa shape index (κ1) is 14.2. The van der Waals surface area contributed by atoms with Crippen LogP contribution in [0.25, 0.3) is 0 Å². The summed E-state index contributed by atoms with van der Waals surface area (Å²) >= 11 is 0. The van der Waals surface area contributed by atoms with Gasteiger partial charge in [-0.1, -0.05) is 0 Å². The van der Waals surface area contributed by atoms with E-state index in [1.165, 1.54) is 26.4 Å². The Hall–Kier alpha value is -1.83. The Kier molecular flexibility index (Phi) is 4.49. The molecule has 5 heteroatoms. The fourth-order valence-corrected chi connectivity index (χ4v) is 1.68. The molecule has 0 aromatic heterocycles. The van der Waals surface area contributed by atoms with E-state index in [4.69, 9.17) is 14.7 Å². The van der Waals surface area contributed by atoms with Crippen LogP contribution in [0.5, 0.6) is 11.5 Å². The number of benzene rings is 1. The molecule has 98 valence electrons. The van der Waals surface area contributed by atoms with Crippen molar-refractivity contribution in [3.63, 3.8) is 0 Å². The Morgan fingerprint density at radius 1 is 1.22 bits per heavy atom. The van der Waals surface area contributed by atoms with Gasteiger partial charge in [0.2, 0.25) is 0 Å². The highest BCUT2D eigenvalue weighted by atomic mass is 19.3. The van der Waals surface area contributed by atoms with Gasteiger partial charge in [0.15, 0.2) is 0 Å². The highest BCUT2D eigenvalue weighted by Crippen LogP contribution is 2.41. The second-order valence-corrected chi connectivity index (χ2v) is 3.88. The predicted molar refractivity (Wildman–Crippen MR) is 63.0 cm³/mol. The van der Waals surface area contributed by atoms with Gasteiger partial charge in [0.05, 0.1) is 25.9 Å². The topological polar surface area (TPSA) is 42.2 Å². The van der Waals surface area contributed by atoms with Crippen molar-refractivity contribution in [3.05, 3.63) is 23.3 Å². The molecule has 0 unspecified atom stereocenters. The number of rotatable bonds is 5. The average Bonchev–Trinajstić information content (AvgIpc) is 2.35. The number of methoxy groups -OCH3 is 2. The third kappa shape index (κ3) is 2.89. The summed E-state index contributed by atoms with van der Waals surface area (Å²) in [6.45, 7) is 1.75. The number of hydrogen-bond acceptors (Lipinski definition) is 3. The maximum absolute atomic E-state index is 14.0. The molecule has 3 nitrogen and oxygen atoms in total. The van der Waals surface area contributed by atoms with Crippen molar-refractivity contribution in [1.82, 2.24) is 0 Å². The van der Waals surface area contributed by atoms with Crippen LogP contribution < -0.4 is 9.47 Å². The summed E-state index contributed by atoms with van der Waals surface area (Å²) in [4.78, 5) is 0. The van der Waals surface area contributed by atoms with Crippen molar-refractivity contribution in [1.29, 1.82) is 5.26 Å². The molecule has 0 bridgehead atoms. The zero-order chi connectivity index (χ0) is 13.8. The molecule has 0 atom stereocenters. The van der Waals surface area contributed by atoms with E-state index in [1.807, 2.05) is 0 Å². The zero-order valence-corrected chi connectivity index (χ0v) is 10.6. The molecule has 18 heavy (non-hydrogen) atoms. The lowest BCUT2D eigenvalue weighted by atomic mass is 10.0. The van der Waals surface area contributed by atoms with E-state index in [0.29, 0.717) is 11.3 Å². The molecule has 0 aliphatic rings. The van der Waals surface area contributed by atoms with E-state index >= 15 is 0 Å². The maximum atomic E-state index is 14.0. The maximum Gasteiger partial charge on any atom is 0.277 e. The summed E-state index contributed by atoms with van der Waals surface area (Å²) in [5, 5.41) is 8.41. The van der Waals surface area contributed by atoms with Gasteiger partial charge in [-0.2, -0.15) is 5.26 Å². The lowest BCUT2D eigenvalue weighted by molar-refractivity contribution is -0.0142. The highest BCUT2D eigenvalue weighted by molar-refractivity contribution is 5.47. The van der Waals surface area contributed by atoms with Gasteiger partial charge >= 0.3 is 0 Å². The molecule has 0 N–H and O–H groups in total. The van der Waals surface area contributed by atoms with Gasteiger partial charge in [-0.25, -0.2) is 8.78 Å². The summed E-state index contributed by atoms with van der Waals surface area (Å²) in [5.74, 6) is -2.62. The summed E-state index contributed by atoms with van der Waals surface area (Å²) in [5.41, 5.74) is 0.469. The predicted octanol–water partition coefficient (Wildman–Crippen LogP) is 3.41. The summed E-state index contributed by atoms with van der Waals surface area (Å²) < 4.78 is 37.9. The zero-order valence-electron chi connectivity index (χ0n) is 10.6. The number of nitrogens with zero attached hydrogens (tertiary/aromatic N) is 1. The van der Waals surface area contributed by atoms with Crippen LogP contribution in [0, 0.1) is 18.3 Å². The minimum Gasteiger partial charge on any atom is -0.496 e. The molecule has 1 aromatic carbocycles. The Morgan fingerprint density at radius 3 is 2.33 bits per heavy atom. The summed E-state index contributed by atoms with van der Waals surface area (Å²) in [6, 6.07) is 4.50. The van der Waals surface area contributed by atoms with Gasteiger partial charge in [0, 0.05) is 12.8 Å². The van der Waals surface area contributed by atoms with Crippen molar-refractivity contribution in [2.45, 2.75) is 25.7 Å². The molecule has 0 spiro atoms. The molecule has 0 saturated heterocycles. The number of ether oxygens (including phenoxy) is 2. The number of alkyl halides is 2. The molecule has 0 fully saturated rings. The molecule has 0 aliphatic heterocycles. The Bertz CT molecular complexity index is 467. The largest absolute Gasteiger partial charge is 0.496 e. The van der Waals surface area contributed by atoms with E-state index < -0.39 is 12.3 Å². The van der Waals surface area contributed by atoms with Crippen LogP contribution in [0.15, 0.2) is 12.1 Å². The Labute approximate surface area is 105 Å². The molecule has 0 aliphatic carbocycles. The van der Waals surface area contributed by atoms with Gasteiger partial charge < -0.3 is 9.47 Å². The smallest absolute Gasteiger partial charge is 0.277 e. The SMILES string of the molecule is COc1cc(C(F)(F)CCC#N)c(OC)cc1C. The van der Waals surface area contributed by atoms with E-state index in [2.05, 4.69) is 0 Å². The summed E-state index contributed by atoms with van der Waals surface area (Å²) in [6.07, 6.45) is -0.752. The van der Waals surface area contributed by atoms with Gasteiger partial charge in [-0.05, 0) is 24.6 Å². The number of halogens is 2. The van der Waals surface area contributed by atoms with E-state index in [0.717, 1.165) is 0 Å². The first-order valence-electron chi connectivity index (χ1n) is 5.44. The second kappa shape index (κ2) is 5.67. The first-order chi connectivity index (χ1) is 8.46. The lowest BCUT2D eigenvalue weighted by Gasteiger charge is -2.20. The van der Waals surface area contributed by atoms with Crippen LogP contribution in [-0.4, -0.2) is 14.2 Å². The second-order valence-electron chi connectivity index (χ2n) is 3.88.